The maximum Gasteiger partial charge on any atom is 0.274 e. The van der Waals surface area contributed by atoms with Crippen LogP contribution in [-0.4, -0.2) is 50.1 Å². The molecule has 3 heterocycles. The summed E-state index contributed by atoms with van der Waals surface area (Å²) in [4.78, 5) is 36.7. The molecule has 1 aliphatic heterocycles. The molecule has 1 amide bonds. The summed E-state index contributed by atoms with van der Waals surface area (Å²) in [5.74, 6) is 5.57. The van der Waals surface area contributed by atoms with Crippen molar-refractivity contribution in [3.05, 3.63) is 58.6 Å². The highest BCUT2D eigenvalue weighted by Crippen LogP contribution is 2.22. The van der Waals surface area contributed by atoms with E-state index in [2.05, 4.69) is 26.8 Å². The number of aliphatic hydroxyl groups is 1. The van der Waals surface area contributed by atoms with Gasteiger partial charge in [-0.2, -0.15) is 0 Å². The highest BCUT2D eigenvalue weighted by molar-refractivity contribution is 5.90. The van der Waals surface area contributed by atoms with Gasteiger partial charge < -0.3 is 15.0 Å². The minimum absolute atomic E-state index is 0.279. The molecule has 1 atom stereocenters. The molecule has 0 saturated carbocycles. The van der Waals surface area contributed by atoms with Crippen molar-refractivity contribution in [2.45, 2.75) is 12.0 Å². The number of likely N-dealkylation sites (N-methyl/N-ethyl adjacent to an activating group) is 1. The molecule has 0 unspecified atom stereocenters. The summed E-state index contributed by atoms with van der Waals surface area (Å²) in [6, 6.07) is 8.87. The van der Waals surface area contributed by atoms with Crippen LogP contribution in [0.3, 0.4) is 0 Å². The first-order valence-corrected chi connectivity index (χ1v) is 8.42. The average Bonchev–Trinajstić information content (AvgIpc) is 2.95. The molecule has 0 aliphatic carbocycles. The van der Waals surface area contributed by atoms with Crippen molar-refractivity contribution in [2.24, 2.45) is 0 Å². The molecule has 1 saturated heterocycles. The number of likely N-dealkylation sites (tertiary alicyclic amines) is 1. The highest BCUT2D eigenvalue weighted by atomic mass is 16.3. The van der Waals surface area contributed by atoms with E-state index in [0.717, 1.165) is 0 Å². The molecule has 1 aliphatic rings. The Kier molecular flexibility index (Phi) is 3.98. The van der Waals surface area contributed by atoms with Gasteiger partial charge in [-0.25, -0.2) is 9.97 Å². The molecule has 0 radical (unpaired) electrons. The first kappa shape index (κ1) is 16.9. The standard InChI is InChI=1S/C20H16N4O3/c1-24-10-8-20(27,19(24)26)7-5-13-3-2-4-14(11-13)17-22-12-15-6-9-21-18(25)16(15)23-17/h2-4,6,9,11-12,27H,8,10H2,1H3,(H,21,25)/t20-/m1/s1. The summed E-state index contributed by atoms with van der Waals surface area (Å²) < 4.78 is 0. The van der Waals surface area contributed by atoms with E-state index in [1.165, 1.54) is 4.90 Å². The van der Waals surface area contributed by atoms with Crippen molar-refractivity contribution in [2.75, 3.05) is 13.6 Å². The number of hydrogen-bond donors (Lipinski definition) is 2. The predicted octanol–water partition coefficient (Wildman–Crippen LogP) is 0.930. The van der Waals surface area contributed by atoms with Crippen LogP contribution in [0.4, 0.5) is 0 Å². The van der Waals surface area contributed by atoms with Crippen LogP contribution >= 0.6 is 0 Å². The van der Waals surface area contributed by atoms with Gasteiger partial charge in [0.25, 0.3) is 11.5 Å². The number of benzene rings is 1. The van der Waals surface area contributed by atoms with Gasteiger partial charge in [-0.1, -0.05) is 24.0 Å². The second-order valence-electron chi connectivity index (χ2n) is 6.47. The van der Waals surface area contributed by atoms with Crippen molar-refractivity contribution in [3.8, 4) is 23.2 Å². The maximum absolute atomic E-state index is 12.0. The predicted molar refractivity (Wildman–Crippen MR) is 99.7 cm³/mol. The van der Waals surface area contributed by atoms with Gasteiger partial charge in [-0.05, 0) is 18.2 Å². The third-order valence-corrected chi connectivity index (χ3v) is 4.55. The molecular formula is C20H16N4O3. The van der Waals surface area contributed by atoms with Gasteiger partial charge in [0.05, 0.1) is 0 Å². The zero-order valence-electron chi connectivity index (χ0n) is 14.6. The lowest BCUT2D eigenvalue weighted by molar-refractivity contribution is -0.137. The third kappa shape index (κ3) is 3.07. The van der Waals surface area contributed by atoms with Crippen LogP contribution in [-0.2, 0) is 4.79 Å². The highest BCUT2D eigenvalue weighted by Gasteiger charge is 2.42. The summed E-state index contributed by atoms with van der Waals surface area (Å²) in [5, 5.41) is 11.1. The van der Waals surface area contributed by atoms with Crippen LogP contribution in [0.2, 0.25) is 0 Å². The largest absolute Gasteiger partial charge is 0.369 e. The van der Waals surface area contributed by atoms with E-state index < -0.39 is 5.60 Å². The van der Waals surface area contributed by atoms with Crippen molar-refractivity contribution in [3.63, 3.8) is 0 Å². The second kappa shape index (κ2) is 6.34. The lowest BCUT2D eigenvalue weighted by atomic mass is 10.0. The number of rotatable bonds is 1. The molecule has 0 spiro atoms. The van der Waals surface area contributed by atoms with Crippen LogP contribution in [0.1, 0.15) is 12.0 Å². The molecule has 3 aromatic rings. The number of pyridine rings is 1. The molecule has 2 aromatic heterocycles. The Morgan fingerprint density at radius 3 is 2.93 bits per heavy atom. The molecule has 1 fully saturated rings. The first-order chi connectivity index (χ1) is 13.0. The summed E-state index contributed by atoms with van der Waals surface area (Å²) >= 11 is 0. The van der Waals surface area contributed by atoms with Crippen LogP contribution in [0.15, 0.2) is 47.5 Å². The Balaban J connectivity index is 1.70. The zero-order chi connectivity index (χ0) is 19.0. The third-order valence-electron chi connectivity index (χ3n) is 4.55. The summed E-state index contributed by atoms with van der Waals surface area (Å²) in [7, 11) is 1.64. The number of amides is 1. The number of carbonyl (C=O) groups excluding carboxylic acids is 1. The topological polar surface area (TPSA) is 99.2 Å². The summed E-state index contributed by atoms with van der Waals surface area (Å²) in [5.41, 5.74) is -0.300. The summed E-state index contributed by atoms with van der Waals surface area (Å²) in [6.45, 7) is 0.476. The van der Waals surface area contributed by atoms with Gasteiger partial charge in [-0.15, -0.1) is 0 Å². The summed E-state index contributed by atoms with van der Waals surface area (Å²) in [6.07, 6.45) is 3.43. The number of aromatic amines is 1. The number of aromatic nitrogens is 3. The second-order valence-corrected chi connectivity index (χ2v) is 6.47. The smallest absolute Gasteiger partial charge is 0.274 e. The lowest BCUT2D eigenvalue weighted by Crippen LogP contribution is -2.37. The number of nitrogens with one attached hydrogen (secondary N) is 1. The Morgan fingerprint density at radius 1 is 1.30 bits per heavy atom. The fourth-order valence-electron chi connectivity index (χ4n) is 2.99. The van der Waals surface area contributed by atoms with E-state index in [4.69, 9.17) is 0 Å². The van der Waals surface area contributed by atoms with Gasteiger partial charge in [0, 0.05) is 48.9 Å². The van der Waals surface area contributed by atoms with Gasteiger partial charge in [0.15, 0.2) is 5.82 Å². The molecule has 27 heavy (non-hydrogen) atoms. The van der Waals surface area contributed by atoms with Crippen molar-refractivity contribution in [1.29, 1.82) is 0 Å². The zero-order valence-corrected chi connectivity index (χ0v) is 14.6. The van der Waals surface area contributed by atoms with E-state index in [9.17, 15) is 14.7 Å². The molecule has 7 heteroatoms. The average molecular weight is 360 g/mol. The van der Waals surface area contributed by atoms with Crippen LogP contribution in [0.25, 0.3) is 22.3 Å². The Labute approximate surface area is 154 Å². The normalized spacial score (nSPS) is 19.2. The Hall–Kier alpha value is -3.50. The molecule has 134 valence electrons. The van der Waals surface area contributed by atoms with Crippen LogP contribution in [0, 0.1) is 11.8 Å². The van der Waals surface area contributed by atoms with Gasteiger partial charge >= 0.3 is 0 Å². The van der Waals surface area contributed by atoms with E-state index in [0.29, 0.717) is 34.4 Å². The molecule has 1 aromatic carbocycles. The molecule has 0 bridgehead atoms. The Bertz CT molecular complexity index is 1170. The van der Waals surface area contributed by atoms with Gasteiger partial charge in [0.2, 0.25) is 5.60 Å². The molecule has 7 nitrogen and oxygen atoms in total. The van der Waals surface area contributed by atoms with Crippen LogP contribution in [0.5, 0.6) is 0 Å². The van der Waals surface area contributed by atoms with E-state index in [1.807, 2.05) is 6.07 Å². The molecule has 4 rings (SSSR count). The molecule has 2 N–H and O–H groups in total. The quantitative estimate of drug-likeness (QED) is 0.629. The minimum Gasteiger partial charge on any atom is -0.369 e. The monoisotopic (exact) mass is 360 g/mol. The lowest BCUT2D eigenvalue weighted by Gasteiger charge is -2.13. The van der Waals surface area contributed by atoms with Gasteiger partial charge in [0.1, 0.15) is 5.52 Å². The van der Waals surface area contributed by atoms with Crippen molar-refractivity contribution in [1.82, 2.24) is 19.9 Å². The number of H-pyrrole nitrogens is 1. The number of fused-ring (bicyclic) bond motifs is 1. The van der Waals surface area contributed by atoms with E-state index in [1.54, 1.807) is 43.7 Å². The SMILES string of the molecule is CN1CC[C@](O)(C#Cc2cccc(-c3ncc4cc[nH]c(=O)c4n3)c2)C1=O. The van der Waals surface area contributed by atoms with Crippen LogP contribution < -0.4 is 5.56 Å². The minimum atomic E-state index is -1.64. The van der Waals surface area contributed by atoms with Crippen molar-refractivity contribution < 1.29 is 9.90 Å². The van der Waals surface area contributed by atoms with E-state index in [-0.39, 0.29) is 17.9 Å². The first-order valence-electron chi connectivity index (χ1n) is 8.42. The molecular weight excluding hydrogens is 344 g/mol. The fraction of sp³-hybridized carbons (Fsp3) is 0.200. The number of carbonyl (C=O) groups is 1. The van der Waals surface area contributed by atoms with E-state index >= 15 is 0 Å². The fourth-order valence-corrected chi connectivity index (χ4v) is 2.99. The van der Waals surface area contributed by atoms with Gasteiger partial charge in [-0.3, -0.25) is 9.59 Å². The Morgan fingerprint density at radius 2 is 2.15 bits per heavy atom. The van der Waals surface area contributed by atoms with Crippen molar-refractivity contribution >= 4 is 16.8 Å². The number of nitrogens with zero attached hydrogens (tertiary/aromatic N) is 3. The number of hydrogen-bond acceptors (Lipinski definition) is 5. The maximum atomic E-state index is 12.0.